The van der Waals surface area contributed by atoms with Crippen LogP contribution < -0.4 is 5.73 Å². The van der Waals surface area contributed by atoms with Crippen LogP contribution in [-0.2, 0) is 4.74 Å². The molecule has 1 saturated carbocycles. The highest BCUT2D eigenvalue weighted by atomic mass is 16.5. The van der Waals surface area contributed by atoms with Crippen LogP contribution in [0.15, 0.2) is 5.16 Å². The zero-order valence-electron chi connectivity index (χ0n) is 7.36. The van der Waals surface area contributed by atoms with Gasteiger partial charge in [0.15, 0.2) is 5.84 Å². The summed E-state index contributed by atoms with van der Waals surface area (Å²) in [5.41, 5.74) is 5.41. The Hall–Kier alpha value is -0.770. The maximum absolute atomic E-state index is 8.40. The van der Waals surface area contributed by atoms with E-state index in [2.05, 4.69) is 5.16 Å². The van der Waals surface area contributed by atoms with Crippen molar-refractivity contribution in [2.24, 2.45) is 16.8 Å². The molecule has 0 aromatic carbocycles. The van der Waals surface area contributed by atoms with E-state index >= 15 is 0 Å². The minimum atomic E-state index is -0.212. The van der Waals surface area contributed by atoms with Gasteiger partial charge in [0, 0.05) is 0 Å². The lowest BCUT2D eigenvalue weighted by Crippen LogP contribution is -2.31. The fourth-order valence-corrected chi connectivity index (χ4v) is 1.01. The fraction of sp³-hybridized carbons (Fsp3) is 0.875. The van der Waals surface area contributed by atoms with Crippen molar-refractivity contribution in [2.45, 2.75) is 32.3 Å². The summed E-state index contributed by atoms with van der Waals surface area (Å²) in [7, 11) is 0. The Bertz CT molecular complexity index is 166. The molecule has 0 aromatic rings. The van der Waals surface area contributed by atoms with Gasteiger partial charge in [-0.1, -0.05) is 12.1 Å². The smallest absolute Gasteiger partial charge is 0.168 e. The van der Waals surface area contributed by atoms with Crippen LogP contribution in [0.2, 0.25) is 0 Å². The van der Waals surface area contributed by atoms with Crippen LogP contribution in [0.4, 0.5) is 0 Å². The summed E-state index contributed by atoms with van der Waals surface area (Å²) in [5, 5.41) is 11.3. The zero-order chi connectivity index (χ0) is 8.97. The number of ether oxygens (including phenoxy) is 1. The molecule has 0 amide bonds. The molecule has 4 heteroatoms. The number of hydrogen-bond donors (Lipinski definition) is 2. The number of amidine groups is 1. The van der Waals surface area contributed by atoms with E-state index in [0.29, 0.717) is 5.92 Å². The number of rotatable bonds is 5. The molecule has 12 heavy (non-hydrogen) atoms. The Labute approximate surface area is 72.4 Å². The topological polar surface area (TPSA) is 67.8 Å². The van der Waals surface area contributed by atoms with E-state index in [1.54, 1.807) is 0 Å². The minimum absolute atomic E-state index is 0.179. The van der Waals surface area contributed by atoms with Crippen molar-refractivity contribution < 1.29 is 9.94 Å². The Morgan fingerprint density at radius 1 is 1.75 bits per heavy atom. The zero-order valence-corrected chi connectivity index (χ0v) is 7.36. The third-order valence-electron chi connectivity index (χ3n) is 2.05. The van der Waals surface area contributed by atoms with Gasteiger partial charge in [-0.3, -0.25) is 0 Å². The highest BCUT2D eigenvalue weighted by Gasteiger charge is 2.23. The monoisotopic (exact) mass is 172 g/mol. The molecule has 3 N–H and O–H groups in total. The van der Waals surface area contributed by atoms with Gasteiger partial charge in [0.1, 0.15) is 6.10 Å². The second-order valence-corrected chi connectivity index (χ2v) is 3.20. The minimum Gasteiger partial charge on any atom is -0.409 e. The molecule has 0 radical (unpaired) electrons. The summed E-state index contributed by atoms with van der Waals surface area (Å²) in [6.07, 6.45) is 3.05. The normalized spacial score (nSPS) is 20.9. The lowest BCUT2D eigenvalue weighted by molar-refractivity contribution is 0.0835. The van der Waals surface area contributed by atoms with Gasteiger partial charge >= 0.3 is 0 Å². The Kier molecular flexibility index (Phi) is 3.34. The van der Waals surface area contributed by atoms with E-state index in [1.165, 1.54) is 12.8 Å². The van der Waals surface area contributed by atoms with E-state index < -0.39 is 0 Å². The predicted octanol–water partition coefficient (Wildman–Crippen LogP) is 0.938. The van der Waals surface area contributed by atoms with Crippen LogP contribution in [0.25, 0.3) is 0 Å². The van der Waals surface area contributed by atoms with Crippen LogP contribution in [0.1, 0.15) is 26.2 Å². The van der Waals surface area contributed by atoms with Gasteiger partial charge in [0.25, 0.3) is 0 Å². The van der Waals surface area contributed by atoms with Crippen molar-refractivity contribution in [3.05, 3.63) is 0 Å². The number of nitrogens with zero attached hydrogens (tertiary/aromatic N) is 1. The molecular formula is C8H16N2O2. The molecule has 1 aliphatic carbocycles. The SMILES string of the molecule is CCC(OCC1CC1)C(N)=NO. The Morgan fingerprint density at radius 2 is 2.42 bits per heavy atom. The van der Waals surface area contributed by atoms with E-state index in [1.807, 2.05) is 6.92 Å². The van der Waals surface area contributed by atoms with Crippen LogP contribution in [0.3, 0.4) is 0 Å². The Balaban J connectivity index is 2.23. The quantitative estimate of drug-likeness (QED) is 0.280. The first-order valence-electron chi connectivity index (χ1n) is 4.37. The second-order valence-electron chi connectivity index (χ2n) is 3.20. The van der Waals surface area contributed by atoms with E-state index in [0.717, 1.165) is 13.0 Å². The molecular weight excluding hydrogens is 156 g/mol. The molecule has 1 fully saturated rings. The average molecular weight is 172 g/mol. The number of hydrogen-bond acceptors (Lipinski definition) is 3. The molecule has 0 heterocycles. The molecule has 70 valence electrons. The van der Waals surface area contributed by atoms with E-state index in [9.17, 15) is 0 Å². The standard InChI is InChI=1S/C8H16N2O2/c1-2-7(8(9)10-11)12-5-6-3-4-6/h6-7,11H,2-5H2,1H3,(H2,9,10). The van der Waals surface area contributed by atoms with E-state index in [4.69, 9.17) is 15.7 Å². The van der Waals surface area contributed by atoms with Crippen LogP contribution >= 0.6 is 0 Å². The maximum atomic E-state index is 8.40. The second kappa shape index (κ2) is 4.30. The van der Waals surface area contributed by atoms with E-state index in [-0.39, 0.29) is 11.9 Å². The van der Waals surface area contributed by atoms with Crippen molar-refractivity contribution in [3.63, 3.8) is 0 Å². The highest BCUT2D eigenvalue weighted by Crippen LogP contribution is 2.29. The fourth-order valence-electron chi connectivity index (χ4n) is 1.01. The van der Waals surface area contributed by atoms with Crippen molar-refractivity contribution in [2.75, 3.05) is 6.61 Å². The van der Waals surface area contributed by atoms with Crippen molar-refractivity contribution in [3.8, 4) is 0 Å². The summed E-state index contributed by atoms with van der Waals surface area (Å²) in [5.74, 6) is 0.892. The first kappa shape index (κ1) is 9.32. The molecule has 0 bridgehead atoms. The molecule has 1 atom stereocenters. The third-order valence-corrected chi connectivity index (χ3v) is 2.05. The molecule has 1 rings (SSSR count). The van der Waals surface area contributed by atoms with Gasteiger partial charge in [-0.25, -0.2) is 0 Å². The van der Waals surface area contributed by atoms with Gasteiger partial charge in [-0.2, -0.15) is 0 Å². The first-order valence-corrected chi connectivity index (χ1v) is 4.37. The highest BCUT2D eigenvalue weighted by molar-refractivity contribution is 5.84. The van der Waals surface area contributed by atoms with Crippen molar-refractivity contribution >= 4 is 5.84 Å². The summed E-state index contributed by atoms with van der Waals surface area (Å²) >= 11 is 0. The molecule has 0 aliphatic heterocycles. The molecule has 1 aliphatic rings. The van der Waals surface area contributed by atoms with Gasteiger partial charge in [0.05, 0.1) is 6.61 Å². The number of oxime groups is 1. The average Bonchev–Trinajstić information content (AvgIpc) is 2.88. The van der Waals surface area contributed by atoms with Crippen LogP contribution in [-0.4, -0.2) is 23.8 Å². The molecule has 1 unspecified atom stereocenters. The van der Waals surface area contributed by atoms with Gasteiger partial charge in [0.2, 0.25) is 0 Å². The first-order chi connectivity index (χ1) is 5.77. The van der Waals surface area contributed by atoms with Crippen molar-refractivity contribution in [1.82, 2.24) is 0 Å². The Morgan fingerprint density at radius 3 is 2.83 bits per heavy atom. The van der Waals surface area contributed by atoms with Crippen LogP contribution in [0.5, 0.6) is 0 Å². The van der Waals surface area contributed by atoms with Crippen molar-refractivity contribution in [1.29, 1.82) is 0 Å². The van der Waals surface area contributed by atoms with Gasteiger partial charge in [-0.05, 0) is 25.2 Å². The molecule has 4 nitrogen and oxygen atoms in total. The van der Waals surface area contributed by atoms with Crippen LogP contribution in [0, 0.1) is 5.92 Å². The molecule has 0 saturated heterocycles. The summed E-state index contributed by atoms with van der Waals surface area (Å²) in [6, 6.07) is 0. The predicted molar refractivity (Wildman–Crippen MR) is 46.2 cm³/mol. The third kappa shape index (κ3) is 2.70. The summed E-state index contributed by atoms with van der Waals surface area (Å²) in [4.78, 5) is 0. The lowest BCUT2D eigenvalue weighted by Gasteiger charge is -2.13. The summed E-state index contributed by atoms with van der Waals surface area (Å²) < 4.78 is 5.45. The summed E-state index contributed by atoms with van der Waals surface area (Å²) in [6.45, 7) is 2.70. The van der Waals surface area contributed by atoms with Gasteiger partial charge < -0.3 is 15.7 Å². The molecule has 0 spiro atoms. The van der Waals surface area contributed by atoms with Gasteiger partial charge in [-0.15, -0.1) is 0 Å². The maximum Gasteiger partial charge on any atom is 0.168 e. The molecule has 0 aromatic heterocycles. The lowest BCUT2D eigenvalue weighted by atomic mass is 10.2. The number of nitrogens with two attached hydrogens (primary N) is 1. The largest absolute Gasteiger partial charge is 0.409 e.